The highest BCUT2D eigenvalue weighted by Gasteiger charge is 2.32. The minimum atomic E-state index is -3.48. The summed E-state index contributed by atoms with van der Waals surface area (Å²) in [6, 6.07) is 8.55. The summed E-state index contributed by atoms with van der Waals surface area (Å²) >= 11 is 0. The number of carbonyl (C=O) groups is 1. The summed E-state index contributed by atoms with van der Waals surface area (Å²) in [7, 11) is -3.48. The lowest BCUT2D eigenvalue weighted by Crippen LogP contribution is -2.37. The Kier molecular flexibility index (Phi) is 4.60. The Morgan fingerprint density at radius 2 is 2.19 bits per heavy atom. The van der Waals surface area contributed by atoms with Crippen LogP contribution >= 0.6 is 0 Å². The maximum atomic E-state index is 12.4. The van der Waals surface area contributed by atoms with Crippen molar-refractivity contribution in [3.63, 3.8) is 0 Å². The van der Waals surface area contributed by atoms with Gasteiger partial charge >= 0.3 is 0 Å². The molecule has 7 heteroatoms. The molecule has 2 rings (SSSR count). The third-order valence-electron chi connectivity index (χ3n) is 3.43. The van der Waals surface area contributed by atoms with Gasteiger partial charge in [-0.2, -0.15) is 9.57 Å². The first kappa shape index (κ1) is 15.5. The normalized spacial score (nSPS) is 19.1. The highest BCUT2D eigenvalue weighted by molar-refractivity contribution is 7.88. The molecule has 0 aromatic heterocycles. The first-order valence-corrected chi connectivity index (χ1v) is 8.26. The van der Waals surface area contributed by atoms with Crippen LogP contribution in [0, 0.1) is 11.3 Å². The van der Waals surface area contributed by atoms with Crippen LogP contribution in [0.15, 0.2) is 24.3 Å². The molecule has 1 saturated heterocycles. The van der Waals surface area contributed by atoms with E-state index in [9.17, 15) is 13.2 Å². The fourth-order valence-corrected chi connectivity index (χ4v) is 4.05. The smallest absolute Gasteiger partial charge is 0.218 e. The van der Waals surface area contributed by atoms with E-state index in [1.165, 1.54) is 11.2 Å². The van der Waals surface area contributed by atoms with Gasteiger partial charge in [-0.25, -0.2) is 8.42 Å². The molecule has 0 saturated carbocycles. The van der Waals surface area contributed by atoms with E-state index in [-0.39, 0.29) is 24.2 Å². The quantitative estimate of drug-likeness (QED) is 0.882. The molecule has 1 unspecified atom stereocenters. The summed E-state index contributed by atoms with van der Waals surface area (Å²) in [5, 5.41) is 11.7. The monoisotopic (exact) mass is 307 g/mol. The second-order valence-corrected chi connectivity index (χ2v) is 7.04. The Morgan fingerprint density at radius 3 is 2.86 bits per heavy atom. The van der Waals surface area contributed by atoms with Crippen LogP contribution in [-0.2, 0) is 20.6 Å². The standard InChI is InChI=1S/C14H17N3O3S/c1-11(18)16-14-6-7-17(9-14)21(19,20)10-13-5-3-2-4-12(13)8-15/h2-5,14H,6-7,9-10H2,1H3,(H,16,18). The van der Waals surface area contributed by atoms with Gasteiger partial charge in [-0.05, 0) is 18.1 Å². The summed E-state index contributed by atoms with van der Waals surface area (Å²) in [5.74, 6) is -0.349. The van der Waals surface area contributed by atoms with Crippen LogP contribution < -0.4 is 5.32 Å². The number of benzene rings is 1. The van der Waals surface area contributed by atoms with Crippen LogP contribution in [0.5, 0.6) is 0 Å². The van der Waals surface area contributed by atoms with Gasteiger partial charge in [0.15, 0.2) is 0 Å². The van der Waals surface area contributed by atoms with Gasteiger partial charge in [0, 0.05) is 26.1 Å². The Hall–Kier alpha value is -1.91. The highest BCUT2D eigenvalue weighted by Crippen LogP contribution is 2.19. The van der Waals surface area contributed by atoms with E-state index in [1.54, 1.807) is 24.3 Å². The average molecular weight is 307 g/mol. The van der Waals surface area contributed by atoms with Crippen molar-refractivity contribution in [1.82, 2.24) is 9.62 Å². The topological polar surface area (TPSA) is 90.3 Å². The molecule has 1 aromatic rings. The predicted octanol–water partition coefficient (Wildman–Crippen LogP) is 0.598. The molecule has 1 aliphatic rings. The highest BCUT2D eigenvalue weighted by atomic mass is 32.2. The Bertz CT molecular complexity index is 679. The minimum Gasteiger partial charge on any atom is -0.352 e. The minimum absolute atomic E-state index is 0.136. The summed E-state index contributed by atoms with van der Waals surface area (Å²) in [6.45, 7) is 2.10. The van der Waals surface area contributed by atoms with E-state index in [0.29, 0.717) is 24.1 Å². The number of hydrogen-bond acceptors (Lipinski definition) is 4. The van der Waals surface area contributed by atoms with Gasteiger partial charge < -0.3 is 5.32 Å². The number of amides is 1. The van der Waals surface area contributed by atoms with E-state index in [2.05, 4.69) is 5.32 Å². The molecule has 1 aliphatic heterocycles. The van der Waals surface area contributed by atoms with Crippen LogP contribution in [0.4, 0.5) is 0 Å². The van der Waals surface area contributed by atoms with Crippen LogP contribution in [-0.4, -0.2) is 37.8 Å². The number of nitriles is 1. The van der Waals surface area contributed by atoms with Crippen molar-refractivity contribution < 1.29 is 13.2 Å². The summed E-state index contributed by atoms with van der Waals surface area (Å²) in [6.07, 6.45) is 0.610. The van der Waals surface area contributed by atoms with Crippen molar-refractivity contribution in [1.29, 1.82) is 5.26 Å². The molecule has 112 valence electrons. The van der Waals surface area contributed by atoms with Crippen LogP contribution in [0.2, 0.25) is 0 Å². The zero-order chi connectivity index (χ0) is 15.5. The number of sulfonamides is 1. The summed E-state index contributed by atoms with van der Waals surface area (Å²) < 4.78 is 26.2. The van der Waals surface area contributed by atoms with Crippen molar-refractivity contribution in [2.24, 2.45) is 0 Å². The molecule has 1 fully saturated rings. The summed E-state index contributed by atoms with van der Waals surface area (Å²) in [5.41, 5.74) is 0.877. The SMILES string of the molecule is CC(=O)NC1CCN(S(=O)(=O)Cc2ccccc2C#N)C1. The Labute approximate surface area is 124 Å². The molecule has 0 radical (unpaired) electrons. The van der Waals surface area contributed by atoms with E-state index in [0.717, 1.165) is 0 Å². The van der Waals surface area contributed by atoms with Gasteiger partial charge in [-0.1, -0.05) is 18.2 Å². The van der Waals surface area contributed by atoms with Gasteiger partial charge in [0.2, 0.25) is 15.9 Å². The number of hydrogen-bond donors (Lipinski definition) is 1. The zero-order valence-corrected chi connectivity index (χ0v) is 12.6. The van der Waals surface area contributed by atoms with E-state index >= 15 is 0 Å². The maximum Gasteiger partial charge on any atom is 0.218 e. The lowest BCUT2D eigenvalue weighted by molar-refractivity contribution is -0.119. The van der Waals surface area contributed by atoms with E-state index < -0.39 is 10.0 Å². The largest absolute Gasteiger partial charge is 0.352 e. The van der Waals surface area contributed by atoms with Crippen molar-refractivity contribution >= 4 is 15.9 Å². The Balaban J connectivity index is 2.10. The maximum absolute atomic E-state index is 12.4. The second-order valence-electron chi connectivity index (χ2n) is 5.07. The van der Waals surface area contributed by atoms with E-state index in [4.69, 9.17) is 5.26 Å². The lowest BCUT2D eigenvalue weighted by Gasteiger charge is -2.17. The lowest BCUT2D eigenvalue weighted by atomic mass is 10.1. The molecule has 1 atom stereocenters. The molecule has 1 aromatic carbocycles. The summed E-state index contributed by atoms with van der Waals surface area (Å²) in [4.78, 5) is 11.0. The number of nitrogens with one attached hydrogen (secondary N) is 1. The second kappa shape index (κ2) is 6.24. The van der Waals surface area contributed by atoms with Crippen LogP contribution in [0.25, 0.3) is 0 Å². The fraction of sp³-hybridized carbons (Fsp3) is 0.429. The number of rotatable bonds is 4. The van der Waals surface area contributed by atoms with Gasteiger partial charge in [0.05, 0.1) is 17.4 Å². The molecule has 0 spiro atoms. The molecule has 1 N–H and O–H groups in total. The molecule has 0 aliphatic carbocycles. The van der Waals surface area contributed by atoms with Gasteiger partial charge in [0.1, 0.15) is 0 Å². The number of nitrogens with zero attached hydrogens (tertiary/aromatic N) is 2. The van der Waals surface area contributed by atoms with Crippen LogP contribution in [0.1, 0.15) is 24.5 Å². The third-order valence-corrected chi connectivity index (χ3v) is 5.22. The fourth-order valence-electron chi connectivity index (χ4n) is 2.43. The van der Waals surface area contributed by atoms with Gasteiger partial charge in [0.25, 0.3) is 0 Å². The molecule has 1 heterocycles. The van der Waals surface area contributed by atoms with Crippen molar-refractivity contribution in [2.75, 3.05) is 13.1 Å². The Morgan fingerprint density at radius 1 is 1.48 bits per heavy atom. The molecule has 1 amide bonds. The number of carbonyl (C=O) groups excluding carboxylic acids is 1. The van der Waals surface area contributed by atoms with Crippen molar-refractivity contribution in [3.05, 3.63) is 35.4 Å². The molecule has 6 nitrogen and oxygen atoms in total. The predicted molar refractivity (Wildman–Crippen MR) is 77.6 cm³/mol. The van der Waals surface area contributed by atoms with Gasteiger partial charge in [-0.3, -0.25) is 4.79 Å². The van der Waals surface area contributed by atoms with Crippen molar-refractivity contribution in [2.45, 2.75) is 25.1 Å². The zero-order valence-electron chi connectivity index (χ0n) is 11.7. The molecule has 0 bridgehead atoms. The molecule has 21 heavy (non-hydrogen) atoms. The first-order valence-electron chi connectivity index (χ1n) is 6.65. The first-order chi connectivity index (χ1) is 9.92. The third kappa shape index (κ3) is 3.80. The molecular weight excluding hydrogens is 290 g/mol. The van der Waals surface area contributed by atoms with Crippen molar-refractivity contribution in [3.8, 4) is 6.07 Å². The van der Waals surface area contributed by atoms with Gasteiger partial charge in [-0.15, -0.1) is 0 Å². The van der Waals surface area contributed by atoms with Crippen LogP contribution in [0.3, 0.4) is 0 Å². The molecular formula is C14H17N3O3S. The average Bonchev–Trinajstić information content (AvgIpc) is 2.87. The van der Waals surface area contributed by atoms with E-state index in [1.807, 2.05) is 6.07 Å².